The standard InChI is InChI=1S/C64H110O6/c1-4-7-10-13-16-19-22-25-28-31-34-36-39-42-45-48-51-54-57-63(66)69-60-61(70-64(67)58-55-52-49-46-43-40-37-33-30-27-24-21-18-15-12-9-6-3)59-68-62(65)56-53-50-47-44-41-38-35-32-29-26-23-20-17-14-11-8-5-2/h9,12,15,18,21,24,27,30,33-34,36-37,40,43,61H,4-8,10-11,13-14,16-17,19-20,22-23,25-26,28-29,31-32,35,38-39,41-42,44-60H2,1-3H3/b12-9-,18-15-,24-21-,30-27-,36-34-,37-33+,43-40-. The van der Waals surface area contributed by atoms with Gasteiger partial charge in [0.25, 0.3) is 0 Å². The van der Waals surface area contributed by atoms with Crippen molar-refractivity contribution in [2.75, 3.05) is 13.2 Å². The molecule has 0 aromatic carbocycles. The van der Waals surface area contributed by atoms with Gasteiger partial charge in [0, 0.05) is 19.3 Å². The highest BCUT2D eigenvalue weighted by molar-refractivity contribution is 5.71. The van der Waals surface area contributed by atoms with Crippen LogP contribution in [0.25, 0.3) is 0 Å². The molecule has 0 amide bonds. The maximum absolute atomic E-state index is 12.9. The molecule has 0 rings (SSSR count). The van der Waals surface area contributed by atoms with Crippen molar-refractivity contribution in [2.24, 2.45) is 0 Å². The van der Waals surface area contributed by atoms with Crippen molar-refractivity contribution in [1.82, 2.24) is 0 Å². The second kappa shape index (κ2) is 58.2. The quantitative estimate of drug-likeness (QED) is 0.0199. The minimum atomic E-state index is -0.803. The van der Waals surface area contributed by atoms with Gasteiger partial charge in [-0.15, -0.1) is 0 Å². The molecule has 1 atom stereocenters. The second-order valence-electron chi connectivity index (χ2n) is 19.7. The summed E-state index contributed by atoms with van der Waals surface area (Å²) >= 11 is 0. The van der Waals surface area contributed by atoms with Crippen molar-refractivity contribution in [3.05, 3.63) is 85.1 Å². The summed E-state index contributed by atoms with van der Waals surface area (Å²) in [5.41, 5.74) is 0. The van der Waals surface area contributed by atoms with E-state index in [0.29, 0.717) is 19.3 Å². The van der Waals surface area contributed by atoms with E-state index in [1.807, 2.05) is 60.8 Å². The average molecular weight is 976 g/mol. The molecule has 0 radical (unpaired) electrons. The SMILES string of the molecule is CC\C=C/C=C\C=C/C=C\C=C\C=C/CCCCCC(=O)OC(COC(=O)CCCCCCC/C=C\CCCCCCCCCCC)COC(=O)CCCCCCCCCCCCCCCCCCC. The molecule has 402 valence electrons. The van der Waals surface area contributed by atoms with Gasteiger partial charge >= 0.3 is 17.9 Å². The molecule has 0 aliphatic carbocycles. The van der Waals surface area contributed by atoms with E-state index in [0.717, 1.165) is 70.6 Å². The van der Waals surface area contributed by atoms with Crippen molar-refractivity contribution >= 4 is 17.9 Å². The number of allylic oxidation sites excluding steroid dienone is 14. The number of carbonyl (C=O) groups excluding carboxylic acids is 3. The summed E-state index contributed by atoms with van der Waals surface area (Å²) < 4.78 is 16.9. The van der Waals surface area contributed by atoms with Gasteiger partial charge in [-0.25, -0.2) is 0 Å². The second-order valence-corrected chi connectivity index (χ2v) is 19.7. The molecule has 6 heteroatoms. The van der Waals surface area contributed by atoms with Gasteiger partial charge in [0.2, 0.25) is 0 Å². The van der Waals surface area contributed by atoms with Crippen LogP contribution in [0.4, 0.5) is 0 Å². The first-order chi connectivity index (χ1) is 34.5. The molecule has 0 fully saturated rings. The van der Waals surface area contributed by atoms with E-state index in [1.165, 1.54) is 167 Å². The third-order valence-corrected chi connectivity index (χ3v) is 12.8. The first-order valence-electron chi connectivity index (χ1n) is 29.7. The number of hydrogen-bond donors (Lipinski definition) is 0. The van der Waals surface area contributed by atoms with Crippen LogP contribution in [0.5, 0.6) is 0 Å². The van der Waals surface area contributed by atoms with E-state index in [1.54, 1.807) is 0 Å². The molecule has 0 saturated carbocycles. The Labute approximate surface area is 433 Å². The molecule has 0 bridgehead atoms. The minimum absolute atomic E-state index is 0.0953. The molecule has 0 aliphatic heterocycles. The van der Waals surface area contributed by atoms with Crippen LogP contribution in [0.2, 0.25) is 0 Å². The Balaban J connectivity index is 4.46. The van der Waals surface area contributed by atoms with Crippen molar-refractivity contribution in [3.8, 4) is 0 Å². The summed E-state index contributed by atoms with van der Waals surface area (Å²) in [4.78, 5) is 38.2. The highest BCUT2D eigenvalue weighted by Gasteiger charge is 2.19. The molecule has 70 heavy (non-hydrogen) atoms. The normalized spacial score (nSPS) is 12.7. The highest BCUT2D eigenvalue weighted by Crippen LogP contribution is 2.16. The van der Waals surface area contributed by atoms with Crippen LogP contribution in [-0.4, -0.2) is 37.2 Å². The number of rotatable bonds is 53. The van der Waals surface area contributed by atoms with Crippen LogP contribution in [0.15, 0.2) is 85.1 Å². The van der Waals surface area contributed by atoms with Crippen LogP contribution in [0, 0.1) is 0 Å². The van der Waals surface area contributed by atoms with E-state index >= 15 is 0 Å². The smallest absolute Gasteiger partial charge is 0.306 e. The Bertz CT molecular complexity index is 1350. The molecule has 6 nitrogen and oxygen atoms in total. The Kier molecular flexibility index (Phi) is 55.3. The lowest BCUT2D eigenvalue weighted by Crippen LogP contribution is -2.30. The van der Waals surface area contributed by atoms with E-state index < -0.39 is 6.10 Å². The molecule has 0 aromatic heterocycles. The van der Waals surface area contributed by atoms with Gasteiger partial charge in [0.05, 0.1) is 0 Å². The molecule has 0 aromatic rings. The van der Waals surface area contributed by atoms with Crippen LogP contribution >= 0.6 is 0 Å². The lowest BCUT2D eigenvalue weighted by molar-refractivity contribution is -0.167. The van der Waals surface area contributed by atoms with Gasteiger partial charge < -0.3 is 14.2 Å². The monoisotopic (exact) mass is 975 g/mol. The predicted octanol–water partition coefficient (Wildman–Crippen LogP) is 19.9. The van der Waals surface area contributed by atoms with E-state index in [9.17, 15) is 14.4 Å². The largest absolute Gasteiger partial charge is 0.462 e. The van der Waals surface area contributed by atoms with E-state index in [2.05, 4.69) is 45.1 Å². The fourth-order valence-electron chi connectivity index (χ4n) is 8.35. The van der Waals surface area contributed by atoms with Gasteiger partial charge in [0.1, 0.15) is 13.2 Å². The van der Waals surface area contributed by atoms with Crippen molar-refractivity contribution in [3.63, 3.8) is 0 Å². The van der Waals surface area contributed by atoms with Crippen LogP contribution in [0.3, 0.4) is 0 Å². The number of ether oxygens (including phenoxy) is 3. The summed E-state index contributed by atoms with van der Waals surface area (Å²) in [7, 11) is 0. The molecule has 1 unspecified atom stereocenters. The maximum atomic E-state index is 12.9. The van der Waals surface area contributed by atoms with E-state index in [-0.39, 0.29) is 37.5 Å². The predicted molar refractivity (Wildman–Crippen MR) is 302 cm³/mol. The molecular formula is C64H110O6. The van der Waals surface area contributed by atoms with Crippen LogP contribution in [-0.2, 0) is 28.6 Å². The molecule has 0 aliphatic rings. The zero-order valence-electron chi connectivity index (χ0n) is 46.0. The van der Waals surface area contributed by atoms with Gasteiger partial charge in [-0.05, 0) is 64.2 Å². The first-order valence-corrected chi connectivity index (χ1v) is 29.7. The van der Waals surface area contributed by atoms with Crippen molar-refractivity contribution in [1.29, 1.82) is 0 Å². The van der Waals surface area contributed by atoms with Crippen LogP contribution < -0.4 is 0 Å². The Morgan fingerprint density at radius 3 is 0.929 bits per heavy atom. The summed E-state index contributed by atoms with van der Waals surface area (Å²) in [6, 6.07) is 0. The van der Waals surface area contributed by atoms with Crippen LogP contribution in [0.1, 0.15) is 284 Å². The Hall–Kier alpha value is -3.41. The molecule has 0 heterocycles. The number of carbonyl (C=O) groups is 3. The fraction of sp³-hybridized carbons (Fsp3) is 0.734. The highest BCUT2D eigenvalue weighted by atomic mass is 16.6. The van der Waals surface area contributed by atoms with Gasteiger partial charge in [-0.1, -0.05) is 286 Å². The van der Waals surface area contributed by atoms with Crippen molar-refractivity contribution < 1.29 is 28.6 Å². The number of unbranched alkanes of at least 4 members (excludes halogenated alkanes) is 33. The topological polar surface area (TPSA) is 78.9 Å². The minimum Gasteiger partial charge on any atom is -0.462 e. The summed E-state index contributed by atoms with van der Waals surface area (Å²) in [6.45, 7) is 6.48. The Morgan fingerprint density at radius 1 is 0.300 bits per heavy atom. The third kappa shape index (κ3) is 55.5. The maximum Gasteiger partial charge on any atom is 0.306 e. The molecule has 0 spiro atoms. The average Bonchev–Trinajstić information content (AvgIpc) is 3.36. The third-order valence-electron chi connectivity index (χ3n) is 12.8. The number of hydrogen-bond acceptors (Lipinski definition) is 6. The molecule has 0 N–H and O–H groups in total. The number of esters is 3. The summed E-state index contributed by atoms with van der Waals surface area (Å²) in [5.74, 6) is -0.938. The summed E-state index contributed by atoms with van der Waals surface area (Å²) in [5, 5.41) is 0. The summed E-state index contributed by atoms with van der Waals surface area (Å²) in [6.07, 6.45) is 75.7. The lowest BCUT2D eigenvalue weighted by atomic mass is 10.0. The Morgan fingerprint density at radius 2 is 0.571 bits per heavy atom. The molecule has 0 saturated heterocycles. The molecular weight excluding hydrogens is 865 g/mol. The van der Waals surface area contributed by atoms with Gasteiger partial charge in [-0.2, -0.15) is 0 Å². The zero-order chi connectivity index (χ0) is 50.7. The zero-order valence-corrected chi connectivity index (χ0v) is 46.0. The van der Waals surface area contributed by atoms with Gasteiger partial charge in [0.15, 0.2) is 6.10 Å². The van der Waals surface area contributed by atoms with Gasteiger partial charge in [-0.3, -0.25) is 14.4 Å². The van der Waals surface area contributed by atoms with E-state index in [4.69, 9.17) is 14.2 Å². The lowest BCUT2D eigenvalue weighted by Gasteiger charge is -2.18. The first kappa shape index (κ1) is 66.6. The fourth-order valence-corrected chi connectivity index (χ4v) is 8.35. The van der Waals surface area contributed by atoms with Crippen molar-refractivity contribution in [2.45, 2.75) is 290 Å².